The molecule has 0 amide bonds. The van der Waals surface area contributed by atoms with Crippen molar-refractivity contribution in [3.05, 3.63) is 0 Å². The topological polar surface area (TPSA) is 72.8 Å². The van der Waals surface area contributed by atoms with E-state index >= 15 is 0 Å². The van der Waals surface area contributed by atoms with E-state index in [1.165, 1.54) is 0 Å². The second-order valence-corrected chi connectivity index (χ2v) is 3.17. The molecule has 0 aromatic carbocycles. The summed E-state index contributed by atoms with van der Waals surface area (Å²) in [6.07, 6.45) is -0.214. The van der Waals surface area contributed by atoms with E-state index in [2.05, 4.69) is 8.37 Å². The number of hydrogen-bond acceptors (Lipinski definition) is 5. The van der Waals surface area contributed by atoms with Crippen LogP contribution >= 0.6 is 0 Å². The van der Waals surface area contributed by atoms with Crippen LogP contribution in [0.25, 0.3) is 0 Å². The molecule has 10 heavy (non-hydrogen) atoms. The highest BCUT2D eigenvalue weighted by atomic mass is 32.3. The number of rotatable bonds is 2. The second-order valence-electron chi connectivity index (χ2n) is 1.92. The van der Waals surface area contributed by atoms with Gasteiger partial charge in [0.15, 0.2) is 0 Å². The van der Waals surface area contributed by atoms with Crippen LogP contribution in [0.5, 0.6) is 0 Å². The molecular formula is C4H8O5S. The molecular weight excluding hydrogens is 160 g/mol. The Morgan fingerprint density at radius 3 is 2.70 bits per heavy atom. The van der Waals surface area contributed by atoms with Crippen LogP contribution in [0.15, 0.2) is 0 Å². The third-order valence-electron chi connectivity index (χ3n) is 1.10. The number of aliphatic hydroxyl groups is 1. The van der Waals surface area contributed by atoms with Crippen LogP contribution in [0.1, 0.15) is 6.42 Å². The quantitative estimate of drug-likeness (QED) is 0.574. The molecule has 0 aliphatic carbocycles. The highest BCUT2D eigenvalue weighted by Gasteiger charge is 2.28. The molecule has 0 aromatic heterocycles. The first-order valence-corrected chi connectivity index (χ1v) is 4.16. The van der Waals surface area contributed by atoms with Crippen molar-refractivity contribution in [1.29, 1.82) is 0 Å². The van der Waals surface area contributed by atoms with Gasteiger partial charge < -0.3 is 5.11 Å². The Morgan fingerprint density at radius 2 is 2.30 bits per heavy atom. The normalized spacial score (nSPS) is 30.7. The van der Waals surface area contributed by atoms with Crippen molar-refractivity contribution in [3.63, 3.8) is 0 Å². The molecule has 1 heterocycles. The lowest BCUT2D eigenvalue weighted by molar-refractivity contribution is 0.176. The van der Waals surface area contributed by atoms with Crippen LogP contribution in [-0.2, 0) is 18.8 Å². The summed E-state index contributed by atoms with van der Waals surface area (Å²) in [6.45, 7) is -0.0769. The Morgan fingerprint density at radius 1 is 1.60 bits per heavy atom. The third-order valence-corrected chi connectivity index (χ3v) is 2.04. The van der Waals surface area contributed by atoms with E-state index in [4.69, 9.17) is 5.11 Å². The predicted octanol–water partition coefficient (Wildman–Crippen LogP) is -0.971. The van der Waals surface area contributed by atoms with Gasteiger partial charge in [-0.2, -0.15) is 8.42 Å². The maximum Gasteiger partial charge on any atom is 0.400 e. The van der Waals surface area contributed by atoms with Gasteiger partial charge in [-0.15, -0.1) is 0 Å². The molecule has 0 saturated carbocycles. The fourth-order valence-electron chi connectivity index (χ4n) is 0.657. The van der Waals surface area contributed by atoms with Gasteiger partial charge in [-0.3, -0.25) is 0 Å². The minimum Gasteiger partial charge on any atom is -0.396 e. The maximum absolute atomic E-state index is 10.4. The summed E-state index contributed by atoms with van der Waals surface area (Å²) in [7, 11) is -3.73. The molecule has 1 rings (SSSR count). The molecule has 0 radical (unpaired) electrons. The summed E-state index contributed by atoms with van der Waals surface area (Å²) in [5, 5.41) is 8.37. The van der Waals surface area contributed by atoms with Crippen LogP contribution in [0, 0.1) is 0 Å². The van der Waals surface area contributed by atoms with Crippen LogP contribution in [-0.4, -0.2) is 32.8 Å². The first-order valence-electron chi connectivity index (χ1n) is 2.82. The molecule has 1 atom stereocenters. The third kappa shape index (κ3) is 1.91. The molecule has 1 aliphatic rings. The zero-order valence-electron chi connectivity index (χ0n) is 5.19. The minimum atomic E-state index is -3.73. The molecule has 0 aromatic rings. The molecule has 0 spiro atoms. The Bertz CT molecular complexity index is 196. The molecule has 1 aliphatic heterocycles. The smallest absolute Gasteiger partial charge is 0.396 e. The summed E-state index contributed by atoms with van der Waals surface area (Å²) in [5.41, 5.74) is 0. The Kier molecular flexibility index (Phi) is 2.24. The van der Waals surface area contributed by atoms with Gasteiger partial charge in [0.1, 0.15) is 6.10 Å². The van der Waals surface area contributed by atoms with E-state index in [9.17, 15) is 8.42 Å². The van der Waals surface area contributed by atoms with Gasteiger partial charge in [-0.1, -0.05) is 0 Å². The monoisotopic (exact) mass is 168 g/mol. The predicted molar refractivity (Wildman–Crippen MR) is 31.4 cm³/mol. The highest BCUT2D eigenvalue weighted by Crippen LogP contribution is 2.14. The van der Waals surface area contributed by atoms with Gasteiger partial charge in [-0.05, 0) is 0 Å². The van der Waals surface area contributed by atoms with Gasteiger partial charge in [0.2, 0.25) is 0 Å². The SMILES string of the molecule is O=S1(=O)OC[C@H](CCO)O1. The summed E-state index contributed by atoms with van der Waals surface area (Å²) >= 11 is 0. The van der Waals surface area contributed by atoms with Crippen molar-refractivity contribution in [2.24, 2.45) is 0 Å². The standard InChI is InChI=1S/C4H8O5S/c5-2-1-4-3-8-10(6,7)9-4/h4-5H,1-3H2/t4-/m0/s1. The first kappa shape index (κ1) is 7.93. The van der Waals surface area contributed by atoms with E-state index in [0.29, 0.717) is 6.42 Å². The van der Waals surface area contributed by atoms with E-state index in [1.54, 1.807) is 0 Å². The van der Waals surface area contributed by atoms with Gasteiger partial charge in [0.25, 0.3) is 0 Å². The summed E-state index contributed by atoms with van der Waals surface area (Å²) in [5.74, 6) is 0. The molecule has 1 N–H and O–H groups in total. The van der Waals surface area contributed by atoms with E-state index in [1.807, 2.05) is 0 Å². The lowest BCUT2D eigenvalue weighted by Gasteiger charge is -1.99. The zero-order chi connectivity index (χ0) is 7.61. The lowest BCUT2D eigenvalue weighted by atomic mass is 10.3. The van der Waals surface area contributed by atoms with E-state index < -0.39 is 16.5 Å². The van der Waals surface area contributed by atoms with Crippen molar-refractivity contribution in [3.8, 4) is 0 Å². The number of aliphatic hydroxyl groups excluding tert-OH is 1. The maximum atomic E-state index is 10.4. The van der Waals surface area contributed by atoms with Crippen molar-refractivity contribution in [2.45, 2.75) is 12.5 Å². The summed E-state index contributed by atoms with van der Waals surface area (Å²) in [6, 6.07) is 0. The van der Waals surface area contributed by atoms with Crippen LogP contribution in [0.4, 0.5) is 0 Å². The Hall–Kier alpha value is -0.170. The van der Waals surface area contributed by atoms with Crippen molar-refractivity contribution < 1.29 is 21.9 Å². The van der Waals surface area contributed by atoms with Gasteiger partial charge in [-0.25, -0.2) is 8.37 Å². The van der Waals surface area contributed by atoms with Gasteiger partial charge in [0.05, 0.1) is 6.61 Å². The molecule has 1 saturated heterocycles. The van der Waals surface area contributed by atoms with E-state index in [0.717, 1.165) is 0 Å². The van der Waals surface area contributed by atoms with Crippen LogP contribution in [0.2, 0.25) is 0 Å². The molecule has 0 bridgehead atoms. The lowest BCUT2D eigenvalue weighted by Crippen LogP contribution is -2.11. The van der Waals surface area contributed by atoms with Gasteiger partial charge in [0, 0.05) is 13.0 Å². The van der Waals surface area contributed by atoms with Crippen molar-refractivity contribution in [2.75, 3.05) is 13.2 Å². The number of hydrogen-bond donors (Lipinski definition) is 1. The molecule has 0 unspecified atom stereocenters. The minimum absolute atomic E-state index is 0.0168. The first-order chi connectivity index (χ1) is 4.64. The molecule has 6 heteroatoms. The van der Waals surface area contributed by atoms with E-state index in [-0.39, 0.29) is 13.2 Å². The average molecular weight is 168 g/mol. The van der Waals surface area contributed by atoms with Crippen molar-refractivity contribution >= 4 is 10.4 Å². The zero-order valence-corrected chi connectivity index (χ0v) is 6.00. The Labute approximate surface area is 58.9 Å². The van der Waals surface area contributed by atoms with Crippen molar-refractivity contribution in [1.82, 2.24) is 0 Å². The summed E-state index contributed by atoms with van der Waals surface area (Å²) < 4.78 is 29.4. The average Bonchev–Trinajstić information content (AvgIpc) is 2.12. The van der Waals surface area contributed by atoms with Crippen LogP contribution < -0.4 is 0 Å². The fraction of sp³-hybridized carbons (Fsp3) is 1.00. The molecule has 60 valence electrons. The second kappa shape index (κ2) is 2.83. The fourth-order valence-corrected chi connectivity index (χ4v) is 1.52. The highest BCUT2D eigenvalue weighted by molar-refractivity contribution is 7.82. The summed E-state index contributed by atoms with van der Waals surface area (Å²) in [4.78, 5) is 0. The van der Waals surface area contributed by atoms with Gasteiger partial charge >= 0.3 is 10.4 Å². The molecule has 1 fully saturated rings. The Balaban J connectivity index is 2.44. The molecule has 5 nitrogen and oxygen atoms in total. The largest absolute Gasteiger partial charge is 0.400 e. The van der Waals surface area contributed by atoms with Crippen LogP contribution in [0.3, 0.4) is 0 Å².